The van der Waals surface area contributed by atoms with Crippen LogP contribution < -0.4 is 5.32 Å². The van der Waals surface area contributed by atoms with E-state index in [9.17, 15) is 0 Å². The van der Waals surface area contributed by atoms with E-state index in [1.807, 2.05) is 12.1 Å². The third-order valence-corrected chi connectivity index (χ3v) is 3.84. The van der Waals surface area contributed by atoms with Gasteiger partial charge in [0.2, 0.25) is 0 Å². The number of nitrogens with one attached hydrogen (secondary N) is 1. The minimum atomic E-state index is 0.684. The summed E-state index contributed by atoms with van der Waals surface area (Å²) in [5.74, 6) is 2.04. The highest BCUT2D eigenvalue weighted by Crippen LogP contribution is 2.34. The van der Waals surface area contributed by atoms with Crippen LogP contribution in [0, 0.1) is 5.92 Å². The predicted octanol–water partition coefficient (Wildman–Crippen LogP) is 3.75. The third kappa shape index (κ3) is 2.59. The largest absolute Gasteiger partial charge is 0.461 e. The Morgan fingerprint density at radius 3 is 2.89 bits per heavy atom. The molecule has 1 fully saturated rings. The van der Waals surface area contributed by atoms with Gasteiger partial charge < -0.3 is 9.73 Å². The smallest absolute Gasteiger partial charge is 0.134 e. The van der Waals surface area contributed by atoms with Crippen LogP contribution in [0.3, 0.4) is 0 Å². The van der Waals surface area contributed by atoms with Gasteiger partial charge in [-0.15, -0.1) is 0 Å². The Balaban J connectivity index is 1.64. The average Bonchev–Trinajstić information content (AvgIpc) is 3.13. The van der Waals surface area contributed by atoms with E-state index in [4.69, 9.17) is 4.42 Å². The molecule has 18 heavy (non-hydrogen) atoms. The molecule has 1 aromatic carbocycles. The first-order valence-corrected chi connectivity index (χ1v) is 7.07. The molecular weight excluding hydrogens is 222 g/mol. The Labute approximate surface area is 108 Å². The van der Waals surface area contributed by atoms with Gasteiger partial charge in [0.25, 0.3) is 0 Å². The molecule has 0 bridgehead atoms. The fourth-order valence-electron chi connectivity index (χ4n) is 2.72. The van der Waals surface area contributed by atoms with Crippen LogP contribution >= 0.6 is 0 Å². The van der Waals surface area contributed by atoms with Crippen molar-refractivity contribution in [2.24, 2.45) is 5.92 Å². The molecule has 0 saturated heterocycles. The summed E-state index contributed by atoms with van der Waals surface area (Å²) in [5, 5.41) is 4.83. The molecule has 2 heteroatoms. The molecule has 2 aromatic rings. The Kier molecular flexibility index (Phi) is 3.37. The number of furan rings is 1. The zero-order valence-electron chi connectivity index (χ0n) is 11.0. The zero-order valence-corrected chi connectivity index (χ0v) is 11.0. The van der Waals surface area contributed by atoms with Crippen molar-refractivity contribution >= 4 is 11.0 Å². The molecule has 0 radical (unpaired) electrons. The molecule has 1 atom stereocenters. The molecule has 1 unspecified atom stereocenters. The Hall–Kier alpha value is -1.28. The minimum Gasteiger partial charge on any atom is -0.461 e. The normalized spacial score (nSPS) is 17.2. The van der Waals surface area contributed by atoms with Gasteiger partial charge in [0, 0.05) is 17.8 Å². The minimum absolute atomic E-state index is 0.684. The van der Waals surface area contributed by atoms with Gasteiger partial charge in [-0.05, 0) is 43.9 Å². The number of hydrogen-bond acceptors (Lipinski definition) is 2. The Morgan fingerprint density at radius 2 is 2.17 bits per heavy atom. The molecule has 1 saturated carbocycles. The lowest BCUT2D eigenvalue weighted by molar-refractivity contribution is 0.426. The maximum absolute atomic E-state index is 5.87. The number of rotatable bonds is 6. The maximum atomic E-state index is 5.87. The van der Waals surface area contributed by atoms with E-state index in [0.717, 1.165) is 30.2 Å². The van der Waals surface area contributed by atoms with Crippen LogP contribution in [0.15, 0.2) is 34.7 Å². The summed E-state index contributed by atoms with van der Waals surface area (Å²) in [4.78, 5) is 0. The molecule has 0 amide bonds. The van der Waals surface area contributed by atoms with Crippen LogP contribution in [0.25, 0.3) is 11.0 Å². The second-order valence-electron chi connectivity index (χ2n) is 5.29. The molecule has 1 heterocycles. The number of hydrogen-bond donors (Lipinski definition) is 1. The number of benzene rings is 1. The fraction of sp³-hybridized carbons (Fsp3) is 0.500. The first-order valence-electron chi connectivity index (χ1n) is 7.07. The summed E-state index contributed by atoms with van der Waals surface area (Å²) in [6.07, 6.45) is 5.04. The molecule has 3 rings (SSSR count). The van der Waals surface area contributed by atoms with Gasteiger partial charge in [-0.1, -0.05) is 25.1 Å². The fourth-order valence-corrected chi connectivity index (χ4v) is 2.72. The van der Waals surface area contributed by atoms with Crippen molar-refractivity contribution < 1.29 is 4.42 Å². The van der Waals surface area contributed by atoms with Crippen LogP contribution in [0.2, 0.25) is 0 Å². The van der Waals surface area contributed by atoms with E-state index in [0.29, 0.717) is 6.04 Å². The van der Waals surface area contributed by atoms with Crippen molar-refractivity contribution in [2.45, 2.75) is 38.6 Å². The van der Waals surface area contributed by atoms with E-state index in [-0.39, 0.29) is 0 Å². The summed E-state index contributed by atoms with van der Waals surface area (Å²) in [6.45, 7) is 3.26. The molecule has 2 nitrogen and oxygen atoms in total. The number of para-hydroxylation sites is 1. The van der Waals surface area contributed by atoms with Crippen LogP contribution in [-0.2, 0) is 6.42 Å². The topological polar surface area (TPSA) is 25.2 Å². The van der Waals surface area contributed by atoms with E-state index in [1.165, 1.54) is 24.6 Å². The zero-order chi connectivity index (χ0) is 12.4. The van der Waals surface area contributed by atoms with Gasteiger partial charge in [0.05, 0.1) is 0 Å². The van der Waals surface area contributed by atoms with Crippen molar-refractivity contribution in [3.8, 4) is 0 Å². The number of aryl methyl sites for hydroxylation is 1. The van der Waals surface area contributed by atoms with Crippen molar-refractivity contribution in [1.29, 1.82) is 0 Å². The van der Waals surface area contributed by atoms with Crippen molar-refractivity contribution in [1.82, 2.24) is 5.32 Å². The summed E-state index contributed by atoms with van der Waals surface area (Å²) in [7, 11) is 0. The van der Waals surface area contributed by atoms with E-state index in [2.05, 4.69) is 30.4 Å². The SMILES string of the molecule is CCNC(CCc1cc2ccccc2o1)C1CC1. The van der Waals surface area contributed by atoms with Crippen LogP contribution in [0.1, 0.15) is 31.9 Å². The highest BCUT2D eigenvalue weighted by Gasteiger charge is 2.30. The Bertz CT molecular complexity index is 480. The lowest BCUT2D eigenvalue weighted by atomic mass is 10.1. The molecule has 1 aromatic heterocycles. The highest BCUT2D eigenvalue weighted by atomic mass is 16.3. The van der Waals surface area contributed by atoms with Crippen molar-refractivity contribution in [2.75, 3.05) is 6.54 Å². The summed E-state index contributed by atoms with van der Waals surface area (Å²) in [5.41, 5.74) is 1.01. The van der Waals surface area contributed by atoms with Gasteiger partial charge in [-0.3, -0.25) is 0 Å². The van der Waals surface area contributed by atoms with Gasteiger partial charge in [-0.2, -0.15) is 0 Å². The standard InChI is InChI=1S/C16H21NO/c1-2-17-15(12-7-8-12)10-9-14-11-13-5-3-4-6-16(13)18-14/h3-6,11-12,15,17H,2,7-10H2,1H3. The number of fused-ring (bicyclic) bond motifs is 1. The predicted molar refractivity (Wildman–Crippen MR) is 74.7 cm³/mol. The first-order chi connectivity index (χ1) is 8.86. The lowest BCUT2D eigenvalue weighted by Crippen LogP contribution is -2.31. The molecular formula is C16H21NO. The maximum Gasteiger partial charge on any atom is 0.134 e. The highest BCUT2D eigenvalue weighted by molar-refractivity contribution is 5.77. The summed E-state index contributed by atoms with van der Waals surface area (Å²) in [6, 6.07) is 11.1. The average molecular weight is 243 g/mol. The summed E-state index contributed by atoms with van der Waals surface area (Å²) >= 11 is 0. The van der Waals surface area contributed by atoms with E-state index < -0.39 is 0 Å². The summed E-state index contributed by atoms with van der Waals surface area (Å²) < 4.78 is 5.87. The van der Waals surface area contributed by atoms with Gasteiger partial charge in [0.1, 0.15) is 11.3 Å². The Morgan fingerprint density at radius 1 is 1.33 bits per heavy atom. The quantitative estimate of drug-likeness (QED) is 0.835. The van der Waals surface area contributed by atoms with Gasteiger partial charge >= 0.3 is 0 Å². The van der Waals surface area contributed by atoms with Crippen LogP contribution in [0.4, 0.5) is 0 Å². The molecule has 0 aliphatic heterocycles. The molecule has 0 spiro atoms. The molecule has 1 N–H and O–H groups in total. The van der Waals surface area contributed by atoms with Gasteiger partial charge in [-0.25, -0.2) is 0 Å². The molecule has 1 aliphatic rings. The third-order valence-electron chi connectivity index (χ3n) is 3.84. The van der Waals surface area contributed by atoms with Crippen molar-refractivity contribution in [3.05, 3.63) is 36.1 Å². The van der Waals surface area contributed by atoms with E-state index >= 15 is 0 Å². The first kappa shape index (κ1) is 11.8. The van der Waals surface area contributed by atoms with E-state index in [1.54, 1.807) is 0 Å². The van der Waals surface area contributed by atoms with Crippen LogP contribution in [-0.4, -0.2) is 12.6 Å². The lowest BCUT2D eigenvalue weighted by Gasteiger charge is -2.16. The second-order valence-corrected chi connectivity index (χ2v) is 5.29. The van der Waals surface area contributed by atoms with Crippen molar-refractivity contribution in [3.63, 3.8) is 0 Å². The van der Waals surface area contributed by atoms with Crippen LogP contribution in [0.5, 0.6) is 0 Å². The second kappa shape index (κ2) is 5.15. The van der Waals surface area contributed by atoms with Gasteiger partial charge in [0.15, 0.2) is 0 Å². The molecule has 1 aliphatic carbocycles. The monoisotopic (exact) mass is 243 g/mol. The molecule has 96 valence electrons.